The summed E-state index contributed by atoms with van der Waals surface area (Å²) in [7, 11) is 0. The maximum absolute atomic E-state index is 11.7. The minimum absolute atomic E-state index is 0.0259. The lowest BCUT2D eigenvalue weighted by molar-refractivity contribution is -0.769. The van der Waals surface area contributed by atoms with Crippen molar-refractivity contribution in [3.63, 3.8) is 0 Å². The number of hydrogen-bond donors (Lipinski definition) is 4. The number of nitrogens with two attached hydrogens (primary N) is 1. The van der Waals surface area contributed by atoms with E-state index < -0.39 is 17.0 Å². The molecule has 0 aromatic rings. The third kappa shape index (κ3) is 12.4. The molecular weight excluding hydrogens is 338 g/mol. The fourth-order valence-electron chi connectivity index (χ4n) is 2.15. The van der Waals surface area contributed by atoms with Gasteiger partial charge in [-0.1, -0.05) is 0 Å². The molecule has 11 heteroatoms. The molecule has 11 nitrogen and oxygen atoms in total. The van der Waals surface area contributed by atoms with E-state index >= 15 is 0 Å². The van der Waals surface area contributed by atoms with E-state index in [2.05, 4.69) is 10.2 Å². The van der Waals surface area contributed by atoms with Gasteiger partial charge in [0.25, 0.3) is 5.09 Å². The summed E-state index contributed by atoms with van der Waals surface area (Å²) in [6.45, 7) is 1.16. The highest BCUT2D eigenvalue weighted by Crippen LogP contribution is 2.26. The van der Waals surface area contributed by atoms with E-state index in [9.17, 15) is 24.5 Å². The Kier molecular flexibility index (Phi) is 11.3. The van der Waals surface area contributed by atoms with Crippen LogP contribution in [0, 0.1) is 16.0 Å². The molecule has 0 atom stereocenters. The van der Waals surface area contributed by atoms with Crippen molar-refractivity contribution < 1.29 is 34.5 Å². The Morgan fingerprint density at radius 1 is 1.16 bits per heavy atom. The molecule has 0 spiro atoms. The van der Waals surface area contributed by atoms with Crippen molar-refractivity contribution >= 4 is 17.8 Å². The number of carbonyl (C=O) groups is 3. The second-order valence-corrected chi connectivity index (χ2v) is 5.25. The zero-order valence-electron chi connectivity index (χ0n) is 13.6. The predicted molar refractivity (Wildman–Crippen MR) is 84.9 cm³/mol. The van der Waals surface area contributed by atoms with Crippen molar-refractivity contribution in [2.24, 2.45) is 11.7 Å². The number of nitrogens with one attached hydrogen (secondary N) is 1. The molecule has 5 N–H and O–H groups in total. The predicted octanol–water partition coefficient (Wildman–Crippen LogP) is -0.0697. The molecule has 0 heterocycles. The van der Waals surface area contributed by atoms with E-state index in [4.69, 9.17) is 15.9 Å². The van der Waals surface area contributed by atoms with E-state index in [1.54, 1.807) is 0 Å². The Labute approximate surface area is 143 Å². The van der Waals surface area contributed by atoms with Gasteiger partial charge in [-0.25, -0.2) is 9.59 Å². The largest absolute Gasteiger partial charge is 0.478 e. The number of hydrogen-bond acceptors (Lipinski definition) is 7. The lowest BCUT2D eigenvalue weighted by Crippen LogP contribution is -2.36. The minimum atomic E-state index is -1.26. The molecule has 1 fully saturated rings. The normalized spacial score (nSPS) is 19.4. The first-order chi connectivity index (χ1) is 11.8. The Morgan fingerprint density at radius 2 is 1.68 bits per heavy atom. The van der Waals surface area contributed by atoms with Gasteiger partial charge >= 0.3 is 11.9 Å². The average molecular weight is 361 g/mol. The number of carboxylic acids is 2. The SMILES string of the molecule is NCCCNC(=O)C1CCC(O[N+](=O)[O-])CC1.O=C(O)C=CC(=O)O. The summed E-state index contributed by atoms with van der Waals surface area (Å²) in [5, 5.41) is 27.8. The number of aliphatic carboxylic acids is 2. The summed E-state index contributed by atoms with van der Waals surface area (Å²) in [5.41, 5.74) is 5.33. The van der Waals surface area contributed by atoms with Gasteiger partial charge in [0.05, 0.1) is 0 Å². The lowest BCUT2D eigenvalue weighted by atomic mass is 9.87. The maximum atomic E-state index is 11.7. The lowest BCUT2D eigenvalue weighted by Gasteiger charge is -2.26. The molecule has 1 rings (SSSR count). The summed E-state index contributed by atoms with van der Waals surface area (Å²) in [6.07, 6.45) is 3.96. The summed E-state index contributed by atoms with van der Waals surface area (Å²) in [6, 6.07) is 0. The van der Waals surface area contributed by atoms with Gasteiger partial charge in [-0.15, -0.1) is 10.1 Å². The molecule has 1 aliphatic rings. The molecule has 1 saturated carbocycles. The molecule has 1 amide bonds. The van der Waals surface area contributed by atoms with E-state index in [1.165, 1.54) is 0 Å². The van der Waals surface area contributed by atoms with Gasteiger partial charge in [-0.2, -0.15) is 0 Å². The number of nitrogens with zero attached hydrogens (tertiary/aromatic N) is 1. The summed E-state index contributed by atoms with van der Waals surface area (Å²) < 4.78 is 0. The molecule has 25 heavy (non-hydrogen) atoms. The molecule has 0 aromatic heterocycles. The number of carboxylic acid groups (broad SMARTS) is 2. The summed E-state index contributed by atoms with van der Waals surface area (Å²) in [4.78, 5) is 45.4. The molecule has 142 valence electrons. The Hall–Kier alpha value is -2.69. The highest BCUT2D eigenvalue weighted by Gasteiger charge is 2.27. The summed E-state index contributed by atoms with van der Waals surface area (Å²) >= 11 is 0. The third-order valence-electron chi connectivity index (χ3n) is 3.33. The van der Waals surface area contributed by atoms with Crippen molar-refractivity contribution in [3.05, 3.63) is 22.3 Å². The molecule has 0 aromatic carbocycles. The van der Waals surface area contributed by atoms with Crippen LogP contribution in [-0.4, -0.2) is 52.3 Å². The number of carbonyl (C=O) groups excluding carboxylic acids is 1. The highest BCUT2D eigenvalue weighted by molar-refractivity contribution is 5.89. The van der Waals surface area contributed by atoms with E-state index in [-0.39, 0.29) is 17.9 Å². The third-order valence-corrected chi connectivity index (χ3v) is 3.33. The van der Waals surface area contributed by atoms with Gasteiger partial charge in [0, 0.05) is 24.6 Å². The molecule has 0 radical (unpaired) electrons. The molecule has 0 saturated heterocycles. The Bertz CT molecular complexity index is 470. The first-order valence-electron chi connectivity index (χ1n) is 7.69. The number of rotatable bonds is 8. The van der Waals surface area contributed by atoms with Crippen LogP contribution in [0.4, 0.5) is 0 Å². The average Bonchev–Trinajstić information content (AvgIpc) is 2.54. The van der Waals surface area contributed by atoms with Gasteiger partial charge < -0.3 is 26.1 Å². The standard InChI is InChI=1S/C10H19N3O4.C4H4O4/c11-6-1-7-12-10(14)8-2-4-9(5-3-8)17-13(15)16;5-3(6)1-2-4(7)8/h8-9H,1-7,11H2,(H,12,14);1-2H,(H,5,6)(H,7,8). The van der Waals surface area contributed by atoms with Gasteiger partial charge in [-0.3, -0.25) is 4.79 Å². The molecule has 1 aliphatic carbocycles. The van der Waals surface area contributed by atoms with Crippen molar-refractivity contribution in [1.82, 2.24) is 5.32 Å². The Balaban J connectivity index is 0.000000609. The van der Waals surface area contributed by atoms with Crippen LogP contribution in [0.3, 0.4) is 0 Å². The molecule has 0 bridgehead atoms. The zero-order valence-corrected chi connectivity index (χ0v) is 13.6. The van der Waals surface area contributed by atoms with E-state index in [1.807, 2.05) is 0 Å². The van der Waals surface area contributed by atoms with Crippen molar-refractivity contribution in [2.75, 3.05) is 13.1 Å². The molecule has 0 aliphatic heterocycles. The van der Waals surface area contributed by atoms with Crippen molar-refractivity contribution in [1.29, 1.82) is 0 Å². The van der Waals surface area contributed by atoms with Crippen LogP contribution in [-0.2, 0) is 19.2 Å². The fraction of sp³-hybridized carbons (Fsp3) is 0.643. The highest BCUT2D eigenvalue weighted by atomic mass is 17.0. The topological polar surface area (TPSA) is 182 Å². The van der Waals surface area contributed by atoms with Crippen molar-refractivity contribution in [3.8, 4) is 0 Å². The van der Waals surface area contributed by atoms with Crippen LogP contribution in [0.25, 0.3) is 0 Å². The van der Waals surface area contributed by atoms with Crippen LogP contribution >= 0.6 is 0 Å². The number of amides is 1. The molecule has 0 unspecified atom stereocenters. The fourth-order valence-corrected chi connectivity index (χ4v) is 2.15. The van der Waals surface area contributed by atoms with Crippen LogP contribution < -0.4 is 11.1 Å². The molecular formula is C14H23N3O8. The van der Waals surface area contributed by atoms with Gasteiger partial charge in [0.15, 0.2) is 0 Å². The first kappa shape index (κ1) is 22.3. The second-order valence-electron chi connectivity index (χ2n) is 5.25. The van der Waals surface area contributed by atoms with Crippen molar-refractivity contribution in [2.45, 2.75) is 38.2 Å². The smallest absolute Gasteiger partial charge is 0.328 e. The zero-order chi connectivity index (χ0) is 19.2. The quantitative estimate of drug-likeness (QED) is 0.199. The van der Waals surface area contributed by atoms with Crippen LogP contribution in [0.2, 0.25) is 0 Å². The van der Waals surface area contributed by atoms with Gasteiger partial charge in [0.2, 0.25) is 5.91 Å². The van der Waals surface area contributed by atoms with E-state index in [0.717, 1.165) is 6.42 Å². The minimum Gasteiger partial charge on any atom is -0.478 e. The maximum Gasteiger partial charge on any atom is 0.328 e. The second kappa shape index (κ2) is 12.7. The van der Waals surface area contributed by atoms with E-state index in [0.29, 0.717) is 50.9 Å². The Morgan fingerprint density at radius 3 is 2.08 bits per heavy atom. The van der Waals surface area contributed by atoms with Crippen LogP contribution in [0.15, 0.2) is 12.2 Å². The first-order valence-corrected chi connectivity index (χ1v) is 7.69. The monoisotopic (exact) mass is 361 g/mol. The summed E-state index contributed by atoms with van der Waals surface area (Å²) in [5.74, 6) is -2.53. The van der Waals surface area contributed by atoms with Crippen LogP contribution in [0.5, 0.6) is 0 Å². The van der Waals surface area contributed by atoms with Gasteiger partial charge in [-0.05, 0) is 38.6 Å². The van der Waals surface area contributed by atoms with Gasteiger partial charge in [0.1, 0.15) is 6.10 Å². The van der Waals surface area contributed by atoms with Crippen LogP contribution in [0.1, 0.15) is 32.1 Å².